The molecule has 0 saturated carbocycles. The number of rotatable bonds is 5. The Morgan fingerprint density at radius 2 is 2.29 bits per heavy atom. The van der Waals surface area contributed by atoms with Gasteiger partial charge in [0, 0.05) is 13.6 Å². The summed E-state index contributed by atoms with van der Waals surface area (Å²) in [6.45, 7) is 4.66. The normalized spacial score (nSPS) is 22.6. The molecule has 1 N–H and O–H groups in total. The summed E-state index contributed by atoms with van der Waals surface area (Å²) >= 11 is 0. The number of aliphatic hydroxyl groups excluding tert-OH is 1. The van der Waals surface area contributed by atoms with Crippen molar-refractivity contribution in [2.75, 3.05) is 24.7 Å². The standard InChI is InChI=1S/C13H22N4O4/c1-4-5-11-12(17(19)20)13(15(3)14-11)16-6-10(7-18)21-8-9(16)2/h9-10,18H,4-8H2,1-3H3. The van der Waals surface area contributed by atoms with Crippen molar-refractivity contribution in [1.82, 2.24) is 9.78 Å². The molecule has 0 bridgehead atoms. The van der Waals surface area contributed by atoms with E-state index in [0.29, 0.717) is 31.1 Å². The van der Waals surface area contributed by atoms with Gasteiger partial charge < -0.3 is 14.7 Å². The number of hydrogen-bond acceptors (Lipinski definition) is 6. The lowest BCUT2D eigenvalue weighted by Crippen LogP contribution is -2.50. The van der Waals surface area contributed by atoms with Crippen LogP contribution in [0.2, 0.25) is 0 Å². The van der Waals surface area contributed by atoms with E-state index in [1.807, 2.05) is 18.7 Å². The third-order valence-corrected chi connectivity index (χ3v) is 3.71. The molecule has 2 atom stereocenters. The Bertz CT molecular complexity index is 517. The van der Waals surface area contributed by atoms with Gasteiger partial charge in [-0.25, -0.2) is 4.68 Å². The highest BCUT2D eigenvalue weighted by Crippen LogP contribution is 2.34. The third-order valence-electron chi connectivity index (χ3n) is 3.71. The number of aliphatic hydroxyl groups is 1. The van der Waals surface area contributed by atoms with Crippen molar-refractivity contribution in [3.8, 4) is 0 Å². The number of hydrogen-bond donors (Lipinski definition) is 1. The van der Waals surface area contributed by atoms with Crippen molar-refractivity contribution >= 4 is 11.5 Å². The molecule has 118 valence electrons. The largest absolute Gasteiger partial charge is 0.394 e. The Kier molecular flexibility index (Phi) is 4.79. The van der Waals surface area contributed by atoms with E-state index in [9.17, 15) is 15.2 Å². The van der Waals surface area contributed by atoms with Gasteiger partial charge in [-0.3, -0.25) is 10.1 Å². The van der Waals surface area contributed by atoms with Gasteiger partial charge in [-0.1, -0.05) is 13.3 Å². The summed E-state index contributed by atoms with van der Waals surface area (Å²) in [5.41, 5.74) is 0.587. The molecule has 2 heterocycles. The van der Waals surface area contributed by atoms with E-state index in [1.54, 1.807) is 11.7 Å². The van der Waals surface area contributed by atoms with Gasteiger partial charge in [0.25, 0.3) is 0 Å². The molecule has 1 saturated heterocycles. The maximum atomic E-state index is 11.5. The summed E-state index contributed by atoms with van der Waals surface area (Å²) in [7, 11) is 1.72. The molecule has 1 aliphatic rings. The lowest BCUT2D eigenvalue weighted by Gasteiger charge is -2.38. The molecule has 21 heavy (non-hydrogen) atoms. The van der Waals surface area contributed by atoms with Crippen LogP contribution in [0.25, 0.3) is 0 Å². The highest BCUT2D eigenvalue weighted by atomic mass is 16.6. The van der Waals surface area contributed by atoms with Crippen LogP contribution in [0.3, 0.4) is 0 Å². The van der Waals surface area contributed by atoms with Crippen molar-refractivity contribution in [3.63, 3.8) is 0 Å². The quantitative estimate of drug-likeness (QED) is 0.640. The van der Waals surface area contributed by atoms with Crippen molar-refractivity contribution < 1.29 is 14.8 Å². The van der Waals surface area contributed by atoms with E-state index < -0.39 is 0 Å². The Labute approximate surface area is 123 Å². The number of aryl methyl sites for hydroxylation is 2. The molecule has 1 fully saturated rings. The molecule has 8 heteroatoms. The van der Waals surface area contributed by atoms with Crippen molar-refractivity contribution in [3.05, 3.63) is 15.8 Å². The molecule has 0 spiro atoms. The average molecular weight is 298 g/mol. The van der Waals surface area contributed by atoms with Crippen LogP contribution in [0, 0.1) is 10.1 Å². The Hall–Kier alpha value is -1.67. The number of nitro groups is 1. The van der Waals surface area contributed by atoms with Gasteiger partial charge in [-0.05, 0) is 13.3 Å². The second-order valence-corrected chi connectivity index (χ2v) is 5.39. The second-order valence-electron chi connectivity index (χ2n) is 5.39. The summed E-state index contributed by atoms with van der Waals surface area (Å²) in [5.74, 6) is 0.498. The summed E-state index contributed by atoms with van der Waals surface area (Å²) in [6, 6.07) is -0.00336. The van der Waals surface area contributed by atoms with Crippen LogP contribution in [-0.4, -0.2) is 51.7 Å². The SMILES string of the molecule is CCCc1nn(C)c(N2CC(CO)OCC2C)c1[N+](=O)[O-]. The maximum Gasteiger partial charge on any atom is 0.334 e. The van der Waals surface area contributed by atoms with Gasteiger partial charge in [-0.15, -0.1) is 0 Å². The van der Waals surface area contributed by atoms with Crippen LogP contribution in [0.4, 0.5) is 11.5 Å². The molecule has 1 aliphatic heterocycles. The minimum atomic E-state index is -0.358. The number of aromatic nitrogens is 2. The van der Waals surface area contributed by atoms with Gasteiger partial charge in [0.1, 0.15) is 5.69 Å². The molecular weight excluding hydrogens is 276 g/mol. The van der Waals surface area contributed by atoms with E-state index in [-0.39, 0.29) is 29.4 Å². The highest BCUT2D eigenvalue weighted by Gasteiger charge is 2.35. The summed E-state index contributed by atoms with van der Waals surface area (Å²) < 4.78 is 7.06. The Morgan fingerprint density at radius 3 is 2.86 bits per heavy atom. The van der Waals surface area contributed by atoms with Gasteiger partial charge in [0.2, 0.25) is 5.82 Å². The summed E-state index contributed by atoms with van der Waals surface area (Å²) in [6.07, 6.45) is 1.05. The van der Waals surface area contributed by atoms with E-state index in [4.69, 9.17) is 4.74 Å². The molecule has 2 unspecified atom stereocenters. The van der Waals surface area contributed by atoms with Crippen LogP contribution in [0.15, 0.2) is 0 Å². The summed E-state index contributed by atoms with van der Waals surface area (Å²) in [5, 5.41) is 25.1. The zero-order valence-corrected chi connectivity index (χ0v) is 12.7. The number of morpholine rings is 1. The lowest BCUT2D eigenvalue weighted by atomic mass is 10.1. The first kappa shape index (κ1) is 15.7. The molecule has 8 nitrogen and oxygen atoms in total. The fourth-order valence-electron chi connectivity index (χ4n) is 2.70. The topological polar surface area (TPSA) is 93.7 Å². The monoisotopic (exact) mass is 298 g/mol. The van der Waals surface area contributed by atoms with Crippen LogP contribution in [0.1, 0.15) is 26.0 Å². The zero-order valence-electron chi connectivity index (χ0n) is 12.7. The van der Waals surface area contributed by atoms with Gasteiger partial charge in [0.15, 0.2) is 0 Å². The first-order valence-corrected chi connectivity index (χ1v) is 7.18. The third kappa shape index (κ3) is 3.01. The van der Waals surface area contributed by atoms with Crippen molar-refractivity contribution in [1.29, 1.82) is 0 Å². The van der Waals surface area contributed by atoms with Crippen molar-refractivity contribution in [2.24, 2.45) is 7.05 Å². The second kappa shape index (κ2) is 6.40. The molecule has 1 aromatic heterocycles. The molecule has 2 rings (SSSR count). The smallest absolute Gasteiger partial charge is 0.334 e. The number of anilines is 1. The molecule has 0 amide bonds. The molecule has 0 radical (unpaired) electrons. The molecular formula is C13H22N4O4. The van der Waals surface area contributed by atoms with E-state index in [0.717, 1.165) is 6.42 Å². The minimum absolute atomic E-state index is 0.00336. The summed E-state index contributed by atoms with van der Waals surface area (Å²) in [4.78, 5) is 13.0. The minimum Gasteiger partial charge on any atom is -0.394 e. The lowest BCUT2D eigenvalue weighted by molar-refractivity contribution is -0.384. The van der Waals surface area contributed by atoms with Crippen LogP contribution in [0.5, 0.6) is 0 Å². The Morgan fingerprint density at radius 1 is 1.57 bits per heavy atom. The number of nitrogens with zero attached hydrogens (tertiary/aromatic N) is 4. The highest BCUT2D eigenvalue weighted by molar-refractivity contribution is 5.62. The van der Waals surface area contributed by atoms with E-state index in [2.05, 4.69) is 5.10 Å². The predicted molar refractivity (Wildman–Crippen MR) is 77.5 cm³/mol. The van der Waals surface area contributed by atoms with Gasteiger partial charge >= 0.3 is 5.69 Å². The van der Waals surface area contributed by atoms with E-state index in [1.165, 1.54) is 0 Å². The Balaban J connectivity index is 2.43. The average Bonchev–Trinajstić information content (AvgIpc) is 2.76. The van der Waals surface area contributed by atoms with Gasteiger partial charge in [0.05, 0.1) is 30.3 Å². The molecule has 1 aromatic rings. The first-order chi connectivity index (χ1) is 9.99. The van der Waals surface area contributed by atoms with Crippen LogP contribution >= 0.6 is 0 Å². The number of ether oxygens (including phenoxy) is 1. The van der Waals surface area contributed by atoms with E-state index >= 15 is 0 Å². The fourth-order valence-corrected chi connectivity index (χ4v) is 2.70. The van der Waals surface area contributed by atoms with Crippen LogP contribution < -0.4 is 4.90 Å². The van der Waals surface area contributed by atoms with Crippen LogP contribution in [-0.2, 0) is 18.2 Å². The predicted octanol–water partition coefficient (Wildman–Crippen LogP) is 0.867. The maximum absolute atomic E-state index is 11.5. The first-order valence-electron chi connectivity index (χ1n) is 7.18. The van der Waals surface area contributed by atoms with Gasteiger partial charge in [-0.2, -0.15) is 5.10 Å². The zero-order chi connectivity index (χ0) is 15.6. The fraction of sp³-hybridized carbons (Fsp3) is 0.769. The molecule has 0 aromatic carbocycles. The van der Waals surface area contributed by atoms with Crippen molar-refractivity contribution in [2.45, 2.75) is 38.8 Å². The molecule has 0 aliphatic carbocycles.